The molecule has 1 fully saturated rings. The summed E-state index contributed by atoms with van der Waals surface area (Å²) >= 11 is 0. The molecule has 1 aliphatic heterocycles. The van der Waals surface area contributed by atoms with Crippen molar-refractivity contribution in [2.24, 2.45) is 0 Å². The van der Waals surface area contributed by atoms with Gasteiger partial charge in [0.05, 0.1) is 6.42 Å². The van der Waals surface area contributed by atoms with Crippen LogP contribution in [0.4, 0.5) is 0 Å². The first-order valence-electron chi connectivity index (χ1n) is 9.34. The summed E-state index contributed by atoms with van der Waals surface area (Å²) in [5.41, 5.74) is 2.92. The van der Waals surface area contributed by atoms with Gasteiger partial charge < -0.3 is 4.74 Å². The largest absolute Gasteiger partial charge is 0.453 e. The van der Waals surface area contributed by atoms with Gasteiger partial charge in [0, 0.05) is 0 Å². The molecule has 3 heteroatoms. The molecule has 0 amide bonds. The Labute approximate surface area is 155 Å². The van der Waals surface area contributed by atoms with Gasteiger partial charge in [-0.05, 0) is 37.8 Å². The van der Waals surface area contributed by atoms with E-state index in [2.05, 4.69) is 6.92 Å². The Morgan fingerprint density at radius 1 is 1.04 bits per heavy atom. The molecule has 0 spiro atoms. The predicted molar refractivity (Wildman–Crippen MR) is 102 cm³/mol. The van der Waals surface area contributed by atoms with Crippen LogP contribution in [0.1, 0.15) is 60.8 Å². The molecule has 3 rings (SSSR count). The van der Waals surface area contributed by atoms with E-state index < -0.39 is 17.5 Å². The lowest BCUT2D eigenvalue weighted by Crippen LogP contribution is -2.44. The lowest BCUT2D eigenvalue weighted by Gasteiger charge is -2.39. The summed E-state index contributed by atoms with van der Waals surface area (Å²) in [5, 5.41) is 0. The molecule has 0 aliphatic carbocycles. The summed E-state index contributed by atoms with van der Waals surface area (Å²) < 4.78 is 6.02. The van der Waals surface area contributed by atoms with Crippen LogP contribution in [0, 0.1) is 13.8 Å². The number of hydrogen-bond acceptors (Lipinski definition) is 3. The number of esters is 1. The van der Waals surface area contributed by atoms with Crippen molar-refractivity contribution < 1.29 is 14.3 Å². The van der Waals surface area contributed by atoms with Gasteiger partial charge in [-0.1, -0.05) is 73.0 Å². The van der Waals surface area contributed by atoms with E-state index in [0.29, 0.717) is 6.42 Å². The molecule has 2 atom stereocenters. The molecule has 1 saturated heterocycles. The first kappa shape index (κ1) is 18.4. The smallest absolute Gasteiger partial charge is 0.321 e. The number of carbonyl (C=O) groups is 2. The van der Waals surface area contributed by atoms with Crippen LogP contribution in [0.3, 0.4) is 0 Å². The number of cyclic esters (lactones) is 1. The van der Waals surface area contributed by atoms with Gasteiger partial charge in [0.15, 0.2) is 5.78 Å². The summed E-state index contributed by atoms with van der Waals surface area (Å²) in [6.07, 6.45) is 2.80. The number of ketones is 1. The van der Waals surface area contributed by atoms with Crippen LogP contribution in [0.5, 0.6) is 0 Å². The third-order valence-electron chi connectivity index (χ3n) is 5.12. The fraction of sp³-hybridized carbons (Fsp3) is 0.391. The van der Waals surface area contributed by atoms with Crippen molar-refractivity contribution in [3.05, 3.63) is 70.8 Å². The predicted octanol–water partition coefficient (Wildman–Crippen LogP) is 4.99. The molecular formula is C23H26O3. The average molecular weight is 350 g/mol. The minimum absolute atomic E-state index is 0.0498. The molecule has 136 valence electrons. The van der Waals surface area contributed by atoms with Crippen molar-refractivity contribution in [1.82, 2.24) is 0 Å². The molecule has 26 heavy (non-hydrogen) atoms. The van der Waals surface area contributed by atoms with Gasteiger partial charge in [0.25, 0.3) is 0 Å². The van der Waals surface area contributed by atoms with E-state index >= 15 is 0 Å². The molecular weight excluding hydrogens is 324 g/mol. The van der Waals surface area contributed by atoms with Crippen molar-refractivity contribution in [1.29, 1.82) is 0 Å². The van der Waals surface area contributed by atoms with Gasteiger partial charge in [-0.2, -0.15) is 0 Å². The molecule has 0 saturated carbocycles. The lowest BCUT2D eigenvalue weighted by atomic mass is 9.77. The Morgan fingerprint density at radius 3 is 2.27 bits per heavy atom. The van der Waals surface area contributed by atoms with Crippen molar-refractivity contribution in [2.45, 2.75) is 58.0 Å². The van der Waals surface area contributed by atoms with Crippen molar-refractivity contribution in [2.75, 3.05) is 0 Å². The molecule has 0 N–H and O–H groups in total. The maximum absolute atomic E-state index is 13.1. The Balaban J connectivity index is 1.97. The second-order valence-corrected chi connectivity index (χ2v) is 7.38. The van der Waals surface area contributed by atoms with Crippen LogP contribution >= 0.6 is 0 Å². The summed E-state index contributed by atoms with van der Waals surface area (Å²) in [6, 6.07) is 15.6. The fourth-order valence-electron chi connectivity index (χ4n) is 3.95. The average Bonchev–Trinajstić information content (AvgIpc) is 2.59. The molecule has 0 radical (unpaired) electrons. The molecule has 2 unspecified atom stereocenters. The van der Waals surface area contributed by atoms with Crippen LogP contribution in [0.25, 0.3) is 0 Å². The molecule has 0 bridgehead atoms. The van der Waals surface area contributed by atoms with E-state index in [4.69, 9.17) is 4.74 Å². The van der Waals surface area contributed by atoms with E-state index in [1.54, 1.807) is 0 Å². The van der Waals surface area contributed by atoms with E-state index in [1.807, 2.05) is 62.4 Å². The Bertz CT molecular complexity index is 769. The zero-order valence-corrected chi connectivity index (χ0v) is 15.7. The number of carbonyl (C=O) groups excluding carboxylic acids is 2. The van der Waals surface area contributed by atoms with Gasteiger partial charge in [0.1, 0.15) is 11.5 Å². The SMILES string of the molecule is CCCCC1(c2ccccc2)CC(=O)C(c2cc(C)cc(C)c2)C(=O)O1. The number of rotatable bonds is 5. The Kier molecular flexibility index (Phi) is 5.26. The normalized spacial score (nSPS) is 23.0. The van der Waals surface area contributed by atoms with E-state index in [-0.39, 0.29) is 12.2 Å². The molecule has 0 aromatic heterocycles. The number of benzene rings is 2. The van der Waals surface area contributed by atoms with Crippen LogP contribution in [-0.2, 0) is 19.9 Å². The monoisotopic (exact) mass is 350 g/mol. The first-order valence-corrected chi connectivity index (χ1v) is 9.34. The van der Waals surface area contributed by atoms with Crippen LogP contribution in [0.15, 0.2) is 48.5 Å². The van der Waals surface area contributed by atoms with Gasteiger partial charge in [-0.15, -0.1) is 0 Å². The molecule has 3 nitrogen and oxygen atoms in total. The highest BCUT2D eigenvalue weighted by Gasteiger charge is 2.48. The van der Waals surface area contributed by atoms with Gasteiger partial charge in [0.2, 0.25) is 0 Å². The number of Topliss-reactive ketones (excluding diaryl/α,β-unsaturated/α-hetero) is 1. The standard InChI is InChI=1S/C23H26O3/c1-4-5-11-23(19-9-7-6-8-10-19)15-20(24)21(22(25)26-23)18-13-16(2)12-17(3)14-18/h6-10,12-14,21H,4-5,11,15H2,1-3H3. The van der Waals surface area contributed by atoms with E-state index in [9.17, 15) is 9.59 Å². The summed E-state index contributed by atoms with van der Waals surface area (Å²) in [6.45, 7) is 6.05. The Hall–Kier alpha value is -2.42. The quantitative estimate of drug-likeness (QED) is 0.564. The number of aryl methyl sites for hydroxylation is 2. The third-order valence-corrected chi connectivity index (χ3v) is 5.12. The van der Waals surface area contributed by atoms with Gasteiger partial charge >= 0.3 is 5.97 Å². The van der Waals surface area contributed by atoms with Crippen molar-refractivity contribution in [3.63, 3.8) is 0 Å². The number of hydrogen-bond donors (Lipinski definition) is 0. The zero-order chi connectivity index (χ0) is 18.7. The van der Waals surface area contributed by atoms with E-state index in [0.717, 1.165) is 35.1 Å². The Morgan fingerprint density at radius 2 is 1.69 bits per heavy atom. The fourth-order valence-corrected chi connectivity index (χ4v) is 3.95. The highest BCUT2D eigenvalue weighted by atomic mass is 16.6. The highest BCUT2D eigenvalue weighted by Crippen LogP contribution is 2.42. The van der Waals surface area contributed by atoms with Gasteiger partial charge in [-0.3, -0.25) is 9.59 Å². The second-order valence-electron chi connectivity index (χ2n) is 7.38. The first-order chi connectivity index (χ1) is 12.4. The molecule has 1 aliphatic rings. The minimum atomic E-state index is -0.833. The van der Waals surface area contributed by atoms with Crippen LogP contribution in [-0.4, -0.2) is 11.8 Å². The highest BCUT2D eigenvalue weighted by molar-refractivity contribution is 6.06. The van der Waals surface area contributed by atoms with E-state index in [1.165, 1.54) is 0 Å². The van der Waals surface area contributed by atoms with Crippen molar-refractivity contribution >= 4 is 11.8 Å². The maximum atomic E-state index is 13.1. The third kappa shape index (κ3) is 3.57. The molecule has 2 aromatic rings. The van der Waals surface area contributed by atoms with Crippen LogP contribution < -0.4 is 0 Å². The number of unbranched alkanes of at least 4 members (excludes halogenated alkanes) is 1. The topological polar surface area (TPSA) is 43.4 Å². The molecule has 1 heterocycles. The maximum Gasteiger partial charge on any atom is 0.321 e. The van der Waals surface area contributed by atoms with Crippen molar-refractivity contribution in [3.8, 4) is 0 Å². The number of ether oxygens (including phenoxy) is 1. The minimum Gasteiger partial charge on any atom is -0.453 e. The lowest BCUT2D eigenvalue weighted by molar-refractivity contribution is -0.175. The molecule has 2 aromatic carbocycles. The zero-order valence-electron chi connectivity index (χ0n) is 15.7. The second kappa shape index (κ2) is 7.45. The van der Waals surface area contributed by atoms with Crippen LogP contribution in [0.2, 0.25) is 0 Å². The summed E-state index contributed by atoms with van der Waals surface area (Å²) in [4.78, 5) is 26.0. The summed E-state index contributed by atoms with van der Waals surface area (Å²) in [5.74, 6) is -1.29. The van der Waals surface area contributed by atoms with Gasteiger partial charge in [-0.25, -0.2) is 0 Å². The summed E-state index contributed by atoms with van der Waals surface area (Å²) in [7, 11) is 0.